The van der Waals surface area contributed by atoms with Crippen LogP contribution in [0.3, 0.4) is 0 Å². The monoisotopic (exact) mass is 327 g/mol. The Hall–Kier alpha value is -3.33. The molecular weight excluding hydrogens is 310 g/mol. The molecular formula is C22H17NO2. The molecule has 0 unspecified atom stereocenters. The molecule has 122 valence electrons. The summed E-state index contributed by atoms with van der Waals surface area (Å²) in [6.45, 7) is 0. The summed E-state index contributed by atoms with van der Waals surface area (Å²) in [5, 5.41) is 4.47. The summed E-state index contributed by atoms with van der Waals surface area (Å²) in [7, 11) is 0. The van der Waals surface area contributed by atoms with E-state index in [2.05, 4.69) is 12.1 Å². The molecule has 4 rings (SSSR count). The van der Waals surface area contributed by atoms with Crippen LogP contribution in [0.2, 0.25) is 0 Å². The third kappa shape index (κ3) is 3.04. The van der Waals surface area contributed by atoms with Crippen LogP contribution < -0.4 is 5.73 Å². The molecule has 0 spiro atoms. The number of hydrogen-bond donors (Lipinski definition) is 1. The second-order valence-corrected chi connectivity index (χ2v) is 6.03. The molecule has 25 heavy (non-hydrogen) atoms. The van der Waals surface area contributed by atoms with E-state index in [0.29, 0.717) is 0 Å². The highest BCUT2D eigenvalue weighted by Crippen LogP contribution is 2.30. The maximum absolute atomic E-state index is 11.5. The van der Waals surface area contributed by atoms with Gasteiger partial charge in [-0.3, -0.25) is 0 Å². The molecule has 0 atom stereocenters. The van der Waals surface area contributed by atoms with E-state index in [-0.39, 0.29) is 0 Å². The van der Waals surface area contributed by atoms with Gasteiger partial charge in [0.15, 0.2) is 6.10 Å². The minimum Gasteiger partial charge on any atom is -0.437 e. The Kier molecular flexibility index (Phi) is 3.82. The number of rotatable bonds is 3. The molecule has 0 radical (unpaired) electrons. The van der Waals surface area contributed by atoms with Crippen LogP contribution in [-0.2, 0) is 4.74 Å². The summed E-state index contributed by atoms with van der Waals surface area (Å²) in [5.74, 6) is 0. The number of carbonyl (C=O) groups is 1. The number of primary amides is 1. The first-order chi connectivity index (χ1) is 12.2. The van der Waals surface area contributed by atoms with Crippen molar-refractivity contribution in [2.75, 3.05) is 0 Å². The smallest absolute Gasteiger partial charge is 0.405 e. The summed E-state index contributed by atoms with van der Waals surface area (Å²) >= 11 is 0. The zero-order valence-electron chi connectivity index (χ0n) is 13.6. The molecule has 0 fully saturated rings. The van der Waals surface area contributed by atoms with Crippen LogP contribution >= 0.6 is 0 Å². The lowest BCUT2D eigenvalue weighted by Crippen LogP contribution is -2.18. The van der Waals surface area contributed by atoms with Crippen LogP contribution in [0, 0.1) is 0 Å². The summed E-state index contributed by atoms with van der Waals surface area (Å²) in [6.07, 6.45) is -1.32. The fourth-order valence-corrected chi connectivity index (χ4v) is 3.19. The standard InChI is InChI=1S/C22H17NO2/c23-22(24)25-21(19-11-9-15-5-1-3-7-17(15)13-19)20-12-10-16-6-2-4-8-18(16)14-20/h1-14,21H,(H2,23,24). The van der Waals surface area contributed by atoms with E-state index in [4.69, 9.17) is 10.5 Å². The van der Waals surface area contributed by atoms with E-state index in [0.717, 1.165) is 32.7 Å². The highest BCUT2D eigenvalue weighted by atomic mass is 16.6. The van der Waals surface area contributed by atoms with Crippen molar-refractivity contribution in [1.82, 2.24) is 0 Å². The van der Waals surface area contributed by atoms with Crippen LogP contribution in [0.1, 0.15) is 17.2 Å². The fourth-order valence-electron chi connectivity index (χ4n) is 3.19. The zero-order chi connectivity index (χ0) is 17.2. The first kappa shape index (κ1) is 15.2. The minimum atomic E-state index is -0.786. The van der Waals surface area contributed by atoms with E-state index in [9.17, 15) is 4.79 Å². The first-order valence-corrected chi connectivity index (χ1v) is 8.14. The number of amides is 1. The van der Waals surface area contributed by atoms with Gasteiger partial charge in [0.25, 0.3) is 0 Å². The molecule has 3 nitrogen and oxygen atoms in total. The fraction of sp³-hybridized carbons (Fsp3) is 0.0455. The van der Waals surface area contributed by atoms with Crippen molar-refractivity contribution in [1.29, 1.82) is 0 Å². The molecule has 0 aliphatic rings. The van der Waals surface area contributed by atoms with Gasteiger partial charge in [0, 0.05) is 0 Å². The Bertz CT molecular complexity index is 992. The van der Waals surface area contributed by atoms with Crippen molar-refractivity contribution in [2.45, 2.75) is 6.10 Å². The third-order valence-electron chi connectivity index (χ3n) is 4.39. The van der Waals surface area contributed by atoms with Crippen LogP contribution in [0.15, 0.2) is 84.9 Å². The van der Waals surface area contributed by atoms with Crippen LogP contribution in [0.4, 0.5) is 4.79 Å². The topological polar surface area (TPSA) is 52.3 Å². The van der Waals surface area contributed by atoms with E-state index in [1.54, 1.807) is 0 Å². The van der Waals surface area contributed by atoms with Gasteiger partial charge in [-0.15, -0.1) is 0 Å². The lowest BCUT2D eigenvalue weighted by molar-refractivity contribution is 0.126. The van der Waals surface area contributed by atoms with Gasteiger partial charge in [0.2, 0.25) is 0 Å². The van der Waals surface area contributed by atoms with Gasteiger partial charge in [0.1, 0.15) is 0 Å². The number of nitrogens with two attached hydrogens (primary N) is 1. The van der Waals surface area contributed by atoms with E-state index in [1.165, 1.54) is 0 Å². The molecule has 4 aromatic rings. The first-order valence-electron chi connectivity index (χ1n) is 8.14. The molecule has 0 aliphatic carbocycles. The molecule has 3 heteroatoms. The normalized spacial score (nSPS) is 11.1. The third-order valence-corrected chi connectivity index (χ3v) is 4.39. The molecule has 0 aliphatic heterocycles. The van der Waals surface area contributed by atoms with Crippen molar-refractivity contribution in [3.8, 4) is 0 Å². The van der Waals surface area contributed by atoms with Gasteiger partial charge in [-0.05, 0) is 44.8 Å². The maximum atomic E-state index is 11.5. The molecule has 0 aromatic heterocycles. The summed E-state index contributed by atoms with van der Waals surface area (Å²) in [4.78, 5) is 11.5. The maximum Gasteiger partial charge on any atom is 0.405 e. The van der Waals surface area contributed by atoms with E-state index < -0.39 is 12.2 Å². The van der Waals surface area contributed by atoms with Crippen molar-refractivity contribution in [2.24, 2.45) is 5.73 Å². The molecule has 0 bridgehead atoms. The number of ether oxygens (including phenoxy) is 1. The number of fused-ring (bicyclic) bond motifs is 2. The van der Waals surface area contributed by atoms with E-state index >= 15 is 0 Å². The minimum absolute atomic E-state index is 0.535. The SMILES string of the molecule is NC(=O)OC(c1ccc2ccccc2c1)c1ccc2ccccc2c1. The molecule has 1 amide bonds. The number of benzene rings is 4. The van der Waals surface area contributed by atoms with Crippen LogP contribution in [0.5, 0.6) is 0 Å². The van der Waals surface area contributed by atoms with E-state index in [1.807, 2.05) is 72.8 Å². The Morgan fingerprint density at radius 2 is 1.12 bits per heavy atom. The lowest BCUT2D eigenvalue weighted by atomic mass is 9.96. The quantitative estimate of drug-likeness (QED) is 0.564. The van der Waals surface area contributed by atoms with Gasteiger partial charge >= 0.3 is 6.09 Å². The van der Waals surface area contributed by atoms with Gasteiger partial charge in [-0.25, -0.2) is 4.79 Å². The Balaban J connectivity index is 1.84. The molecule has 0 saturated carbocycles. The molecule has 4 aromatic carbocycles. The molecule has 0 heterocycles. The van der Waals surface area contributed by atoms with Crippen molar-refractivity contribution < 1.29 is 9.53 Å². The second-order valence-electron chi connectivity index (χ2n) is 6.03. The van der Waals surface area contributed by atoms with Crippen molar-refractivity contribution in [3.05, 3.63) is 96.1 Å². The van der Waals surface area contributed by atoms with Crippen LogP contribution in [-0.4, -0.2) is 6.09 Å². The number of hydrogen-bond acceptors (Lipinski definition) is 2. The van der Waals surface area contributed by atoms with Crippen molar-refractivity contribution >= 4 is 27.6 Å². The second kappa shape index (κ2) is 6.29. The predicted octanol–water partition coefficient (Wildman–Crippen LogP) is 5.18. The van der Waals surface area contributed by atoms with Crippen LogP contribution in [0.25, 0.3) is 21.5 Å². The Morgan fingerprint density at radius 3 is 1.56 bits per heavy atom. The highest BCUT2D eigenvalue weighted by molar-refractivity contribution is 5.85. The summed E-state index contributed by atoms with van der Waals surface area (Å²) < 4.78 is 5.46. The van der Waals surface area contributed by atoms with Gasteiger partial charge in [0.05, 0.1) is 0 Å². The Morgan fingerprint density at radius 1 is 0.680 bits per heavy atom. The molecule has 0 saturated heterocycles. The summed E-state index contributed by atoms with van der Waals surface area (Å²) in [5.41, 5.74) is 7.12. The van der Waals surface area contributed by atoms with Crippen molar-refractivity contribution in [3.63, 3.8) is 0 Å². The van der Waals surface area contributed by atoms with Gasteiger partial charge in [-0.1, -0.05) is 72.8 Å². The highest BCUT2D eigenvalue weighted by Gasteiger charge is 2.18. The summed E-state index contributed by atoms with van der Waals surface area (Å²) in [6, 6.07) is 28.3. The van der Waals surface area contributed by atoms with Gasteiger partial charge < -0.3 is 10.5 Å². The molecule has 2 N–H and O–H groups in total. The average Bonchev–Trinajstić information content (AvgIpc) is 2.65. The largest absolute Gasteiger partial charge is 0.437 e. The predicted molar refractivity (Wildman–Crippen MR) is 100 cm³/mol. The average molecular weight is 327 g/mol. The lowest BCUT2D eigenvalue weighted by Gasteiger charge is -2.19. The van der Waals surface area contributed by atoms with Gasteiger partial charge in [-0.2, -0.15) is 0 Å². The number of carbonyl (C=O) groups excluding carboxylic acids is 1. The zero-order valence-corrected chi connectivity index (χ0v) is 13.6. The Labute approximate surface area is 145 Å².